The smallest absolute Gasteiger partial charge is 0.231 e. The molecule has 2 aromatic rings. The first-order valence-electron chi connectivity index (χ1n) is 6.15. The summed E-state index contributed by atoms with van der Waals surface area (Å²) in [6.07, 6.45) is 0. The molecule has 3 rings (SSSR count). The van der Waals surface area contributed by atoms with Gasteiger partial charge in [0.1, 0.15) is 0 Å². The van der Waals surface area contributed by atoms with Crippen molar-refractivity contribution in [2.24, 2.45) is 11.7 Å². The number of ether oxygens (including phenoxy) is 1. The SMILES string of the molecule is Cc1nc2ccc(NC(=O)C3COCC3N)cc2s1. The predicted molar refractivity (Wildman–Crippen MR) is 75.3 cm³/mol. The van der Waals surface area contributed by atoms with Crippen molar-refractivity contribution in [1.82, 2.24) is 4.98 Å². The minimum atomic E-state index is -0.265. The Labute approximate surface area is 114 Å². The third-order valence-corrected chi connectivity index (χ3v) is 4.16. The summed E-state index contributed by atoms with van der Waals surface area (Å²) in [5, 5.41) is 3.91. The van der Waals surface area contributed by atoms with Crippen molar-refractivity contribution in [3.05, 3.63) is 23.2 Å². The number of hydrogen-bond donors (Lipinski definition) is 2. The highest BCUT2D eigenvalue weighted by molar-refractivity contribution is 7.18. The number of aryl methyl sites for hydroxylation is 1. The zero-order chi connectivity index (χ0) is 13.4. The average Bonchev–Trinajstić information content (AvgIpc) is 2.93. The van der Waals surface area contributed by atoms with Gasteiger partial charge >= 0.3 is 0 Å². The molecule has 1 aliphatic heterocycles. The summed E-state index contributed by atoms with van der Waals surface area (Å²) in [6, 6.07) is 5.51. The molecule has 2 atom stereocenters. The Hall–Kier alpha value is -1.50. The molecule has 0 saturated carbocycles. The van der Waals surface area contributed by atoms with E-state index in [4.69, 9.17) is 10.5 Å². The van der Waals surface area contributed by atoms with Crippen molar-refractivity contribution in [2.75, 3.05) is 18.5 Å². The fourth-order valence-corrected chi connectivity index (χ4v) is 3.06. The van der Waals surface area contributed by atoms with Gasteiger partial charge in [-0.2, -0.15) is 0 Å². The second-order valence-corrected chi connectivity index (χ2v) is 5.95. The summed E-state index contributed by atoms with van der Waals surface area (Å²) < 4.78 is 6.28. The molecule has 1 amide bonds. The monoisotopic (exact) mass is 277 g/mol. The van der Waals surface area contributed by atoms with E-state index in [1.165, 1.54) is 0 Å². The molecule has 2 unspecified atom stereocenters. The number of rotatable bonds is 2. The number of benzene rings is 1. The Morgan fingerprint density at radius 1 is 1.53 bits per heavy atom. The van der Waals surface area contributed by atoms with Gasteiger partial charge in [0.15, 0.2) is 0 Å². The van der Waals surface area contributed by atoms with Crippen LogP contribution < -0.4 is 11.1 Å². The molecule has 1 fully saturated rings. The van der Waals surface area contributed by atoms with Gasteiger partial charge in [-0.1, -0.05) is 0 Å². The van der Waals surface area contributed by atoms with E-state index >= 15 is 0 Å². The highest BCUT2D eigenvalue weighted by Crippen LogP contribution is 2.25. The zero-order valence-corrected chi connectivity index (χ0v) is 11.4. The van der Waals surface area contributed by atoms with E-state index in [1.807, 2.05) is 25.1 Å². The fourth-order valence-electron chi connectivity index (χ4n) is 2.19. The predicted octanol–water partition coefficient (Wildman–Crippen LogP) is 1.52. The van der Waals surface area contributed by atoms with E-state index in [1.54, 1.807) is 11.3 Å². The molecule has 0 spiro atoms. The highest BCUT2D eigenvalue weighted by Gasteiger charge is 2.31. The molecule has 0 radical (unpaired) electrons. The number of fused-ring (bicyclic) bond motifs is 1. The maximum Gasteiger partial charge on any atom is 0.231 e. The van der Waals surface area contributed by atoms with Crippen molar-refractivity contribution in [1.29, 1.82) is 0 Å². The van der Waals surface area contributed by atoms with Crippen LogP contribution in [0.25, 0.3) is 10.2 Å². The first-order chi connectivity index (χ1) is 9.13. The van der Waals surface area contributed by atoms with Crippen LogP contribution in [0.5, 0.6) is 0 Å². The summed E-state index contributed by atoms with van der Waals surface area (Å²) in [7, 11) is 0. The topological polar surface area (TPSA) is 77.2 Å². The third kappa shape index (κ3) is 2.47. The number of carbonyl (C=O) groups excluding carboxylic acids is 1. The van der Waals surface area contributed by atoms with Gasteiger partial charge in [0.05, 0.1) is 34.4 Å². The number of amides is 1. The number of nitrogens with zero attached hydrogens (tertiary/aromatic N) is 1. The molecule has 1 saturated heterocycles. The zero-order valence-electron chi connectivity index (χ0n) is 10.6. The Kier molecular flexibility index (Phi) is 3.22. The van der Waals surface area contributed by atoms with Crippen LogP contribution in [-0.2, 0) is 9.53 Å². The van der Waals surface area contributed by atoms with Crippen molar-refractivity contribution in [2.45, 2.75) is 13.0 Å². The molecular weight excluding hydrogens is 262 g/mol. The van der Waals surface area contributed by atoms with Crippen molar-refractivity contribution < 1.29 is 9.53 Å². The molecule has 0 aliphatic carbocycles. The molecule has 6 heteroatoms. The Bertz CT molecular complexity index is 625. The average molecular weight is 277 g/mol. The van der Waals surface area contributed by atoms with Crippen LogP contribution in [0.15, 0.2) is 18.2 Å². The number of anilines is 1. The number of aromatic nitrogens is 1. The van der Waals surface area contributed by atoms with E-state index in [0.717, 1.165) is 20.9 Å². The van der Waals surface area contributed by atoms with Crippen molar-refractivity contribution >= 4 is 33.1 Å². The lowest BCUT2D eigenvalue weighted by atomic mass is 10.0. The molecule has 100 valence electrons. The molecule has 1 aromatic heterocycles. The molecule has 0 bridgehead atoms. The Morgan fingerprint density at radius 2 is 2.37 bits per heavy atom. The van der Waals surface area contributed by atoms with Crippen LogP contribution in [0.1, 0.15) is 5.01 Å². The summed E-state index contributed by atoms with van der Waals surface area (Å²) in [6.45, 7) is 2.82. The first kappa shape index (κ1) is 12.5. The van der Waals surface area contributed by atoms with E-state index < -0.39 is 0 Å². The molecule has 2 heterocycles. The lowest BCUT2D eigenvalue weighted by Crippen LogP contribution is -2.37. The van der Waals surface area contributed by atoms with Gasteiger partial charge in [0, 0.05) is 11.7 Å². The minimum Gasteiger partial charge on any atom is -0.379 e. The Balaban J connectivity index is 1.79. The van der Waals surface area contributed by atoms with Crippen LogP contribution >= 0.6 is 11.3 Å². The highest BCUT2D eigenvalue weighted by atomic mass is 32.1. The molecule has 1 aliphatic rings. The summed E-state index contributed by atoms with van der Waals surface area (Å²) in [4.78, 5) is 16.5. The lowest BCUT2D eigenvalue weighted by Gasteiger charge is -2.13. The van der Waals surface area contributed by atoms with Crippen LogP contribution in [0.3, 0.4) is 0 Å². The van der Waals surface area contributed by atoms with Gasteiger partial charge in [-0.15, -0.1) is 11.3 Å². The lowest BCUT2D eigenvalue weighted by molar-refractivity contribution is -0.120. The normalized spacial score (nSPS) is 22.8. The summed E-state index contributed by atoms with van der Waals surface area (Å²) >= 11 is 1.61. The van der Waals surface area contributed by atoms with Crippen LogP contribution in [0, 0.1) is 12.8 Å². The molecule has 1 aromatic carbocycles. The van der Waals surface area contributed by atoms with E-state index in [9.17, 15) is 4.79 Å². The number of carbonyl (C=O) groups is 1. The number of hydrogen-bond acceptors (Lipinski definition) is 5. The van der Waals surface area contributed by atoms with Gasteiger partial charge in [-0.3, -0.25) is 4.79 Å². The molecule has 19 heavy (non-hydrogen) atoms. The van der Waals surface area contributed by atoms with Crippen LogP contribution in [0.4, 0.5) is 5.69 Å². The van der Waals surface area contributed by atoms with E-state index in [-0.39, 0.29) is 17.9 Å². The van der Waals surface area contributed by atoms with Crippen molar-refractivity contribution in [3.63, 3.8) is 0 Å². The largest absolute Gasteiger partial charge is 0.379 e. The van der Waals surface area contributed by atoms with Gasteiger partial charge in [0.2, 0.25) is 5.91 Å². The fraction of sp³-hybridized carbons (Fsp3) is 0.385. The maximum absolute atomic E-state index is 12.1. The van der Waals surface area contributed by atoms with E-state index in [0.29, 0.717) is 13.2 Å². The third-order valence-electron chi connectivity index (χ3n) is 3.22. The summed E-state index contributed by atoms with van der Waals surface area (Å²) in [5.41, 5.74) is 7.57. The van der Waals surface area contributed by atoms with Gasteiger partial charge in [0.25, 0.3) is 0 Å². The molecule has 5 nitrogen and oxygen atoms in total. The van der Waals surface area contributed by atoms with Gasteiger partial charge in [-0.05, 0) is 25.1 Å². The number of nitrogens with one attached hydrogen (secondary N) is 1. The first-order valence-corrected chi connectivity index (χ1v) is 6.96. The quantitative estimate of drug-likeness (QED) is 0.872. The number of nitrogens with two attached hydrogens (primary N) is 1. The molecular formula is C13H15N3O2S. The maximum atomic E-state index is 12.1. The van der Waals surface area contributed by atoms with Crippen molar-refractivity contribution in [3.8, 4) is 0 Å². The van der Waals surface area contributed by atoms with Crippen LogP contribution in [0.2, 0.25) is 0 Å². The minimum absolute atomic E-state index is 0.0782. The second-order valence-electron chi connectivity index (χ2n) is 4.71. The standard InChI is InChI=1S/C13H15N3O2S/c1-7-15-11-3-2-8(4-12(11)19-7)16-13(17)9-5-18-6-10(9)14/h2-4,9-10H,5-6,14H2,1H3,(H,16,17). The van der Waals surface area contributed by atoms with Crippen LogP contribution in [-0.4, -0.2) is 30.1 Å². The Morgan fingerprint density at radius 3 is 3.11 bits per heavy atom. The summed E-state index contributed by atoms with van der Waals surface area (Å²) in [5.74, 6) is -0.343. The number of thiazole rings is 1. The van der Waals surface area contributed by atoms with E-state index in [2.05, 4.69) is 10.3 Å². The molecule has 3 N–H and O–H groups in total. The van der Waals surface area contributed by atoms with Gasteiger partial charge < -0.3 is 15.8 Å². The second kappa shape index (κ2) is 4.88. The van der Waals surface area contributed by atoms with Gasteiger partial charge in [-0.25, -0.2) is 4.98 Å².